The van der Waals surface area contributed by atoms with E-state index in [1.54, 1.807) is 48.3 Å². The molecule has 0 aliphatic rings. The van der Waals surface area contributed by atoms with Crippen LogP contribution in [-0.2, 0) is 6.54 Å². The highest BCUT2D eigenvalue weighted by Gasteiger charge is 2.09. The van der Waals surface area contributed by atoms with E-state index in [2.05, 4.69) is 5.32 Å². The van der Waals surface area contributed by atoms with Gasteiger partial charge in [-0.3, -0.25) is 0 Å². The van der Waals surface area contributed by atoms with Crippen LogP contribution in [0.15, 0.2) is 48.5 Å². The van der Waals surface area contributed by atoms with E-state index in [4.69, 9.17) is 16.9 Å². The van der Waals surface area contributed by atoms with Crippen LogP contribution in [0.1, 0.15) is 11.1 Å². The highest BCUT2D eigenvalue weighted by Crippen LogP contribution is 2.13. The summed E-state index contributed by atoms with van der Waals surface area (Å²) in [6.45, 7) is 0.485. The molecule has 0 radical (unpaired) electrons. The van der Waals surface area contributed by atoms with E-state index >= 15 is 0 Å². The smallest absolute Gasteiger partial charge is 0.321 e. The molecule has 0 heterocycles. The lowest BCUT2D eigenvalue weighted by atomic mass is 10.2. The molecular formula is C16H14ClN3O. The van der Waals surface area contributed by atoms with Crippen molar-refractivity contribution in [2.24, 2.45) is 0 Å². The molecule has 21 heavy (non-hydrogen) atoms. The van der Waals surface area contributed by atoms with Gasteiger partial charge in [-0.25, -0.2) is 4.79 Å². The Labute approximate surface area is 128 Å². The maximum Gasteiger partial charge on any atom is 0.321 e. The zero-order valence-electron chi connectivity index (χ0n) is 11.5. The number of nitrogens with zero attached hydrogens (tertiary/aromatic N) is 2. The van der Waals surface area contributed by atoms with Gasteiger partial charge in [-0.2, -0.15) is 5.26 Å². The molecule has 4 nitrogen and oxygen atoms in total. The van der Waals surface area contributed by atoms with Gasteiger partial charge < -0.3 is 10.2 Å². The zero-order chi connectivity index (χ0) is 15.2. The summed E-state index contributed by atoms with van der Waals surface area (Å²) < 4.78 is 0. The minimum atomic E-state index is -0.213. The van der Waals surface area contributed by atoms with E-state index < -0.39 is 0 Å². The molecule has 0 saturated carbocycles. The highest BCUT2D eigenvalue weighted by molar-refractivity contribution is 6.30. The minimum Gasteiger partial charge on any atom is -0.323 e. The first-order valence-corrected chi connectivity index (χ1v) is 6.73. The molecule has 0 atom stereocenters. The second-order valence-electron chi connectivity index (χ2n) is 4.60. The van der Waals surface area contributed by atoms with Crippen LogP contribution >= 0.6 is 11.6 Å². The number of hydrogen-bond donors (Lipinski definition) is 1. The van der Waals surface area contributed by atoms with E-state index in [1.165, 1.54) is 0 Å². The summed E-state index contributed by atoms with van der Waals surface area (Å²) in [6, 6.07) is 15.9. The maximum atomic E-state index is 12.1. The van der Waals surface area contributed by atoms with Crippen molar-refractivity contribution < 1.29 is 4.79 Å². The first kappa shape index (κ1) is 14.9. The van der Waals surface area contributed by atoms with Crippen molar-refractivity contribution in [3.63, 3.8) is 0 Å². The zero-order valence-corrected chi connectivity index (χ0v) is 12.3. The Hall–Kier alpha value is -2.51. The number of nitriles is 1. The molecule has 0 spiro atoms. The lowest BCUT2D eigenvalue weighted by molar-refractivity contribution is 0.220. The quantitative estimate of drug-likeness (QED) is 0.935. The summed E-state index contributed by atoms with van der Waals surface area (Å²) in [5, 5.41) is 12.2. The van der Waals surface area contributed by atoms with Gasteiger partial charge in [-0.15, -0.1) is 0 Å². The Morgan fingerprint density at radius 3 is 2.38 bits per heavy atom. The molecule has 1 N–H and O–H groups in total. The number of urea groups is 1. The summed E-state index contributed by atoms with van der Waals surface area (Å²) in [6.07, 6.45) is 0. The van der Waals surface area contributed by atoms with Gasteiger partial charge in [0.1, 0.15) is 0 Å². The molecule has 0 aromatic heterocycles. The summed E-state index contributed by atoms with van der Waals surface area (Å²) in [7, 11) is 1.72. The van der Waals surface area contributed by atoms with E-state index in [1.807, 2.05) is 18.2 Å². The van der Waals surface area contributed by atoms with Crippen LogP contribution in [0.4, 0.5) is 10.5 Å². The fourth-order valence-corrected chi connectivity index (χ4v) is 1.91. The third-order valence-corrected chi connectivity index (χ3v) is 3.20. The molecule has 0 bridgehead atoms. The van der Waals surface area contributed by atoms with Crippen molar-refractivity contribution in [1.82, 2.24) is 4.90 Å². The van der Waals surface area contributed by atoms with Crippen LogP contribution in [0.3, 0.4) is 0 Å². The summed E-state index contributed by atoms with van der Waals surface area (Å²) >= 11 is 5.83. The Morgan fingerprint density at radius 2 is 1.81 bits per heavy atom. The van der Waals surface area contributed by atoms with Crippen LogP contribution in [0.2, 0.25) is 5.02 Å². The van der Waals surface area contributed by atoms with Crippen molar-refractivity contribution in [3.05, 3.63) is 64.7 Å². The molecule has 0 saturated heterocycles. The third kappa shape index (κ3) is 4.23. The summed E-state index contributed by atoms with van der Waals surface area (Å²) in [5.41, 5.74) is 2.21. The van der Waals surface area contributed by atoms with Crippen molar-refractivity contribution in [1.29, 1.82) is 5.26 Å². The van der Waals surface area contributed by atoms with Crippen LogP contribution in [0.25, 0.3) is 0 Å². The summed E-state index contributed by atoms with van der Waals surface area (Å²) in [4.78, 5) is 13.6. The van der Waals surface area contributed by atoms with Gasteiger partial charge in [0.2, 0.25) is 0 Å². The van der Waals surface area contributed by atoms with Gasteiger partial charge in [-0.05, 0) is 42.0 Å². The van der Waals surface area contributed by atoms with Gasteiger partial charge >= 0.3 is 6.03 Å². The van der Waals surface area contributed by atoms with E-state index in [-0.39, 0.29) is 6.03 Å². The van der Waals surface area contributed by atoms with Gasteiger partial charge in [0, 0.05) is 24.3 Å². The number of rotatable bonds is 3. The van der Waals surface area contributed by atoms with E-state index in [9.17, 15) is 4.79 Å². The number of anilines is 1. The molecular weight excluding hydrogens is 286 g/mol. The molecule has 2 rings (SSSR count). The molecule has 106 valence electrons. The second-order valence-corrected chi connectivity index (χ2v) is 5.04. The Balaban J connectivity index is 1.95. The van der Waals surface area contributed by atoms with Crippen molar-refractivity contribution in [3.8, 4) is 6.07 Å². The van der Waals surface area contributed by atoms with Gasteiger partial charge in [0.15, 0.2) is 0 Å². The number of hydrogen-bond acceptors (Lipinski definition) is 2. The van der Waals surface area contributed by atoms with Crippen LogP contribution in [-0.4, -0.2) is 18.0 Å². The lowest BCUT2D eigenvalue weighted by Gasteiger charge is -2.18. The minimum absolute atomic E-state index is 0.213. The second kappa shape index (κ2) is 6.78. The molecule has 0 fully saturated rings. The van der Waals surface area contributed by atoms with Crippen LogP contribution < -0.4 is 5.32 Å². The molecule has 5 heteroatoms. The first-order valence-electron chi connectivity index (χ1n) is 6.35. The normalized spacial score (nSPS) is 9.76. The number of halogens is 1. The predicted molar refractivity (Wildman–Crippen MR) is 83.1 cm³/mol. The fraction of sp³-hybridized carbons (Fsp3) is 0.125. The number of nitrogens with one attached hydrogen (secondary N) is 1. The monoisotopic (exact) mass is 299 g/mol. The average Bonchev–Trinajstić information content (AvgIpc) is 2.50. The molecule has 0 aliphatic heterocycles. The summed E-state index contributed by atoms with van der Waals surface area (Å²) in [5.74, 6) is 0. The highest BCUT2D eigenvalue weighted by atomic mass is 35.5. The number of carbonyl (C=O) groups is 1. The van der Waals surface area contributed by atoms with E-state index in [0.717, 1.165) is 5.56 Å². The Kier molecular flexibility index (Phi) is 4.81. The molecule has 0 aliphatic carbocycles. The van der Waals surface area contributed by atoms with Gasteiger partial charge in [0.05, 0.1) is 11.6 Å². The third-order valence-electron chi connectivity index (χ3n) is 2.94. The van der Waals surface area contributed by atoms with Crippen LogP contribution in [0.5, 0.6) is 0 Å². The number of benzene rings is 2. The first-order chi connectivity index (χ1) is 10.1. The fourth-order valence-electron chi connectivity index (χ4n) is 1.78. The average molecular weight is 300 g/mol. The largest absolute Gasteiger partial charge is 0.323 e. The van der Waals surface area contributed by atoms with Crippen molar-refractivity contribution in [2.45, 2.75) is 6.54 Å². The molecule has 2 amide bonds. The molecule has 2 aromatic carbocycles. The standard InChI is InChI=1S/C16H14ClN3O/c1-20(11-13-2-6-14(17)7-3-13)16(21)19-15-8-4-12(10-18)5-9-15/h2-9H,11H2,1H3,(H,19,21). The lowest BCUT2D eigenvalue weighted by Crippen LogP contribution is -2.30. The SMILES string of the molecule is CN(Cc1ccc(Cl)cc1)C(=O)Nc1ccc(C#N)cc1. The molecule has 2 aromatic rings. The number of carbonyl (C=O) groups excluding carboxylic acids is 1. The predicted octanol–water partition coefficient (Wildman–Crippen LogP) is 3.88. The topological polar surface area (TPSA) is 56.1 Å². The maximum absolute atomic E-state index is 12.1. The van der Waals surface area contributed by atoms with Crippen LogP contribution in [0, 0.1) is 11.3 Å². The number of amides is 2. The van der Waals surface area contributed by atoms with Crippen molar-refractivity contribution in [2.75, 3.05) is 12.4 Å². The Morgan fingerprint density at radius 1 is 1.19 bits per heavy atom. The van der Waals surface area contributed by atoms with Crippen molar-refractivity contribution >= 4 is 23.3 Å². The van der Waals surface area contributed by atoms with E-state index in [0.29, 0.717) is 22.8 Å². The van der Waals surface area contributed by atoms with Gasteiger partial charge in [0.25, 0.3) is 0 Å². The Bertz CT molecular complexity index is 659. The molecule has 0 unspecified atom stereocenters. The van der Waals surface area contributed by atoms with Gasteiger partial charge in [-0.1, -0.05) is 23.7 Å².